The number of nitrogens with zero attached hydrogens (tertiary/aromatic N) is 1. The maximum absolute atomic E-state index is 14.1. The van der Waals surface area contributed by atoms with Gasteiger partial charge in [-0.1, -0.05) is 12.1 Å². The number of aromatic nitrogens is 1. The van der Waals surface area contributed by atoms with Crippen molar-refractivity contribution >= 4 is 16.6 Å². The van der Waals surface area contributed by atoms with Crippen LogP contribution >= 0.6 is 0 Å². The predicted octanol–water partition coefficient (Wildman–Crippen LogP) is 3.80. The van der Waals surface area contributed by atoms with Crippen LogP contribution < -0.4 is 10.1 Å². The van der Waals surface area contributed by atoms with Crippen molar-refractivity contribution < 1.29 is 14.2 Å². The van der Waals surface area contributed by atoms with Gasteiger partial charge in [0.05, 0.1) is 12.8 Å². The van der Waals surface area contributed by atoms with E-state index in [-0.39, 0.29) is 5.75 Å². The third-order valence-electron chi connectivity index (χ3n) is 3.52. The van der Waals surface area contributed by atoms with Crippen LogP contribution in [0.4, 0.5) is 10.2 Å². The lowest BCUT2D eigenvalue weighted by atomic mass is 10.1. The Balaban J connectivity index is 2.31. The molecule has 1 aromatic heterocycles. The first-order valence-corrected chi connectivity index (χ1v) is 6.78. The number of rotatable bonds is 3. The predicted molar refractivity (Wildman–Crippen MR) is 84.9 cm³/mol. The topological polar surface area (TPSA) is 54.4 Å². The molecular weight excluding hydrogens is 283 g/mol. The van der Waals surface area contributed by atoms with Crippen molar-refractivity contribution in [3.05, 3.63) is 48.3 Å². The van der Waals surface area contributed by atoms with Crippen LogP contribution in [-0.4, -0.2) is 24.2 Å². The van der Waals surface area contributed by atoms with E-state index in [2.05, 4.69) is 10.3 Å². The van der Waals surface area contributed by atoms with Gasteiger partial charge in [0.15, 0.2) is 0 Å². The van der Waals surface area contributed by atoms with Gasteiger partial charge in [-0.3, -0.25) is 0 Å². The number of fused-ring (bicyclic) bond motifs is 1. The number of methoxy groups -OCH3 is 1. The summed E-state index contributed by atoms with van der Waals surface area (Å²) in [5, 5.41) is 14.1. The van der Waals surface area contributed by atoms with E-state index in [1.807, 2.05) is 18.2 Å². The van der Waals surface area contributed by atoms with Gasteiger partial charge >= 0.3 is 0 Å². The molecule has 0 aliphatic rings. The molecule has 0 fully saturated rings. The van der Waals surface area contributed by atoms with Gasteiger partial charge in [-0.15, -0.1) is 0 Å². The van der Waals surface area contributed by atoms with Gasteiger partial charge < -0.3 is 15.2 Å². The molecule has 2 aromatic carbocycles. The molecule has 0 aliphatic heterocycles. The van der Waals surface area contributed by atoms with E-state index in [4.69, 9.17) is 4.74 Å². The maximum Gasteiger partial charge on any atom is 0.136 e. The summed E-state index contributed by atoms with van der Waals surface area (Å²) in [5.74, 6) is 0.688. The Labute approximate surface area is 127 Å². The summed E-state index contributed by atoms with van der Waals surface area (Å²) in [6.45, 7) is 0. The molecule has 2 N–H and O–H groups in total. The highest BCUT2D eigenvalue weighted by Gasteiger charge is 2.13. The van der Waals surface area contributed by atoms with Gasteiger partial charge in [0.1, 0.15) is 23.1 Å². The summed E-state index contributed by atoms with van der Waals surface area (Å²) in [4.78, 5) is 4.47. The lowest BCUT2D eigenvalue weighted by Gasteiger charge is -2.12. The first-order valence-electron chi connectivity index (χ1n) is 6.78. The quantitative estimate of drug-likeness (QED) is 0.772. The Morgan fingerprint density at radius 2 is 1.95 bits per heavy atom. The lowest BCUT2D eigenvalue weighted by molar-refractivity contribution is 0.420. The Morgan fingerprint density at radius 3 is 2.64 bits per heavy atom. The lowest BCUT2D eigenvalue weighted by Crippen LogP contribution is -1.98. The number of halogens is 1. The van der Waals surface area contributed by atoms with Crippen molar-refractivity contribution in [3.63, 3.8) is 0 Å². The summed E-state index contributed by atoms with van der Waals surface area (Å²) in [6.07, 6.45) is 0. The average molecular weight is 298 g/mol. The van der Waals surface area contributed by atoms with Gasteiger partial charge in [-0.25, -0.2) is 9.37 Å². The maximum atomic E-state index is 14.1. The van der Waals surface area contributed by atoms with E-state index in [1.54, 1.807) is 20.2 Å². The molecule has 0 amide bonds. The zero-order chi connectivity index (χ0) is 15.7. The minimum absolute atomic E-state index is 0.117. The third-order valence-corrected chi connectivity index (χ3v) is 3.52. The van der Waals surface area contributed by atoms with Crippen LogP contribution in [-0.2, 0) is 0 Å². The van der Waals surface area contributed by atoms with E-state index < -0.39 is 5.82 Å². The van der Waals surface area contributed by atoms with E-state index in [0.29, 0.717) is 22.8 Å². The highest BCUT2D eigenvalue weighted by molar-refractivity contribution is 5.98. The number of benzene rings is 2. The summed E-state index contributed by atoms with van der Waals surface area (Å²) in [5.41, 5.74) is 0.793. The Bertz CT molecular complexity index is 849. The van der Waals surface area contributed by atoms with Crippen molar-refractivity contribution in [1.29, 1.82) is 0 Å². The second kappa shape index (κ2) is 5.52. The van der Waals surface area contributed by atoms with Gasteiger partial charge in [0, 0.05) is 29.4 Å². The highest BCUT2D eigenvalue weighted by atomic mass is 19.1. The van der Waals surface area contributed by atoms with Crippen molar-refractivity contribution in [2.24, 2.45) is 0 Å². The Hall–Kier alpha value is -2.82. The molecule has 1 heterocycles. The second-order valence-corrected chi connectivity index (χ2v) is 4.83. The van der Waals surface area contributed by atoms with Crippen LogP contribution in [0.25, 0.3) is 22.0 Å². The number of hydrogen-bond donors (Lipinski definition) is 2. The molecule has 0 aliphatic carbocycles. The fourth-order valence-electron chi connectivity index (χ4n) is 2.47. The Kier molecular flexibility index (Phi) is 3.55. The molecule has 3 aromatic rings. The smallest absolute Gasteiger partial charge is 0.136 e. The number of nitrogens with one attached hydrogen (secondary N) is 1. The molecule has 22 heavy (non-hydrogen) atoms. The van der Waals surface area contributed by atoms with E-state index in [0.717, 1.165) is 16.8 Å². The molecule has 112 valence electrons. The number of ether oxygens (including phenoxy) is 1. The second-order valence-electron chi connectivity index (χ2n) is 4.83. The molecular formula is C17H15FN2O2. The minimum atomic E-state index is -0.524. The van der Waals surface area contributed by atoms with Gasteiger partial charge in [0.2, 0.25) is 0 Å². The van der Waals surface area contributed by atoms with Crippen LogP contribution in [0.5, 0.6) is 11.5 Å². The van der Waals surface area contributed by atoms with Crippen LogP contribution in [0.1, 0.15) is 0 Å². The largest absolute Gasteiger partial charge is 0.508 e. The van der Waals surface area contributed by atoms with Crippen molar-refractivity contribution in [3.8, 4) is 22.8 Å². The zero-order valence-corrected chi connectivity index (χ0v) is 12.2. The van der Waals surface area contributed by atoms with Crippen LogP contribution in [0.2, 0.25) is 0 Å². The van der Waals surface area contributed by atoms with Gasteiger partial charge in [0.25, 0.3) is 0 Å². The molecule has 3 rings (SSSR count). The fourth-order valence-corrected chi connectivity index (χ4v) is 2.47. The number of anilines is 1. The average Bonchev–Trinajstić information content (AvgIpc) is 2.53. The standard InChI is InChI=1S/C17H15FN2O2/c1-19-17-11-4-3-5-16(22-2)13(11)9-15(20-17)12-7-6-10(21)8-14(12)18/h3-9,21H,1-2H3,(H,19,20). The van der Waals surface area contributed by atoms with E-state index in [1.165, 1.54) is 12.1 Å². The van der Waals surface area contributed by atoms with Crippen LogP contribution in [0.15, 0.2) is 42.5 Å². The molecule has 5 heteroatoms. The first kappa shape index (κ1) is 14.1. The molecule has 0 radical (unpaired) electrons. The number of aromatic hydroxyl groups is 1. The monoisotopic (exact) mass is 298 g/mol. The SMILES string of the molecule is CNc1nc(-c2ccc(O)cc2F)cc2c(OC)cccc12. The van der Waals surface area contributed by atoms with E-state index in [9.17, 15) is 9.50 Å². The first-order chi connectivity index (χ1) is 10.6. The molecule has 0 atom stereocenters. The molecule has 4 nitrogen and oxygen atoms in total. The molecule has 0 saturated carbocycles. The normalized spacial score (nSPS) is 10.7. The number of pyridine rings is 1. The molecule has 0 unspecified atom stereocenters. The van der Waals surface area contributed by atoms with Crippen LogP contribution in [0.3, 0.4) is 0 Å². The summed E-state index contributed by atoms with van der Waals surface area (Å²) in [7, 11) is 3.35. The zero-order valence-electron chi connectivity index (χ0n) is 12.2. The van der Waals surface area contributed by atoms with Crippen molar-refractivity contribution in [2.45, 2.75) is 0 Å². The van der Waals surface area contributed by atoms with Crippen molar-refractivity contribution in [1.82, 2.24) is 4.98 Å². The number of phenols is 1. The summed E-state index contributed by atoms with van der Waals surface area (Å²) >= 11 is 0. The third kappa shape index (κ3) is 2.30. The molecule has 0 bridgehead atoms. The number of phenolic OH excluding ortho intramolecular Hbond substituents is 1. The van der Waals surface area contributed by atoms with Gasteiger partial charge in [-0.2, -0.15) is 0 Å². The van der Waals surface area contributed by atoms with Crippen molar-refractivity contribution in [2.75, 3.05) is 19.5 Å². The summed E-state index contributed by atoms with van der Waals surface area (Å²) < 4.78 is 19.5. The highest BCUT2D eigenvalue weighted by Crippen LogP contribution is 2.34. The summed E-state index contributed by atoms with van der Waals surface area (Å²) in [6, 6.07) is 11.4. The van der Waals surface area contributed by atoms with Crippen LogP contribution in [0, 0.1) is 5.82 Å². The van der Waals surface area contributed by atoms with Gasteiger partial charge in [-0.05, 0) is 24.3 Å². The Morgan fingerprint density at radius 1 is 1.14 bits per heavy atom. The molecule has 0 spiro atoms. The fraction of sp³-hybridized carbons (Fsp3) is 0.118. The molecule has 0 saturated heterocycles. The van der Waals surface area contributed by atoms with E-state index >= 15 is 0 Å². The minimum Gasteiger partial charge on any atom is -0.508 e. The number of hydrogen-bond acceptors (Lipinski definition) is 4.